The number of amides is 2. The van der Waals surface area contributed by atoms with Crippen LogP contribution in [0.1, 0.15) is 38.8 Å². The molecule has 0 saturated heterocycles. The van der Waals surface area contributed by atoms with Crippen molar-refractivity contribution in [3.63, 3.8) is 0 Å². The molecule has 2 amide bonds. The fraction of sp³-hybridized carbons (Fsp3) is 0.333. The van der Waals surface area contributed by atoms with E-state index in [1.165, 1.54) is 24.1 Å². The molecule has 0 bridgehead atoms. The zero-order valence-electron chi connectivity index (χ0n) is 23.3. The van der Waals surface area contributed by atoms with Crippen LogP contribution in [0.5, 0.6) is 5.75 Å². The number of nitrogens with zero attached hydrogens (tertiary/aromatic N) is 2. The highest BCUT2D eigenvalue weighted by Crippen LogP contribution is 2.27. The van der Waals surface area contributed by atoms with Crippen LogP contribution in [-0.4, -0.2) is 50.4 Å². The van der Waals surface area contributed by atoms with Gasteiger partial charge in [-0.3, -0.25) is 13.9 Å². The first-order valence-electron chi connectivity index (χ1n) is 12.7. The lowest BCUT2D eigenvalue weighted by molar-refractivity contribution is -0.140. The lowest BCUT2D eigenvalue weighted by atomic mass is 10.1. The van der Waals surface area contributed by atoms with Gasteiger partial charge < -0.3 is 15.0 Å². The summed E-state index contributed by atoms with van der Waals surface area (Å²) in [6, 6.07) is 21.3. The summed E-state index contributed by atoms with van der Waals surface area (Å²) in [5, 5.41) is 2.92. The highest BCUT2D eigenvalue weighted by molar-refractivity contribution is 7.92. The van der Waals surface area contributed by atoms with Crippen molar-refractivity contribution < 1.29 is 22.7 Å². The van der Waals surface area contributed by atoms with Crippen LogP contribution >= 0.6 is 0 Å². The van der Waals surface area contributed by atoms with Crippen LogP contribution in [0.4, 0.5) is 5.69 Å². The SMILES string of the molecule is COc1cccc(N(CC(=O)N(Cc2ccc(C)cc2)C(C)C(=O)NC(C)(C)C)S(=O)(=O)c2ccccc2)c1. The maximum Gasteiger partial charge on any atom is 0.264 e. The van der Waals surface area contributed by atoms with E-state index < -0.39 is 34.1 Å². The van der Waals surface area contributed by atoms with E-state index in [-0.39, 0.29) is 23.0 Å². The third kappa shape index (κ3) is 7.83. The maximum absolute atomic E-state index is 14.0. The number of aryl methyl sites for hydroxylation is 1. The lowest BCUT2D eigenvalue weighted by Crippen LogP contribution is -2.54. The third-order valence-electron chi connectivity index (χ3n) is 6.09. The molecule has 0 heterocycles. The number of hydrogen-bond acceptors (Lipinski definition) is 5. The second-order valence-corrected chi connectivity index (χ2v) is 12.3. The van der Waals surface area contributed by atoms with Gasteiger partial charge in [0.2, 0.25) is 11.8 Å². The van der Waals surface area contributed by atoms with Crippen molar-refractivity contribution in [2.24, 2.45) is 0 Å². The largest absolute Gasteiger partial charge is 0.497 e. The average Bonchev–Trinajstić information content (AvgIpc) is 2.90. The summed E-state index contributed by atoms with van der Waals surface area (Å²) in [5.41, 5.74) is 1.65. The van der Waals surface area contributed by atoms with E-state index in [0.29, 0.717) is 5.75 Å². The van der Waals surface area contributed by atoms with Gasteiger partial charge in [-0.2, -0.15) is 0 Å². The lowest BCUT2D eigenvalue weighted by Gasteiger charge is -2.33. The third-order valence-corrected chi connectivity index (χ3v) is 7.88. The van der Waals surface area contributed by atoms with Crippen LogP contribution in [0.2, 0.25) is 0 Å². The molecule has 0 radical (unpaired) electrons. The predicted molar refractivity (Wildman–Crippen MR) is 153 cm³/mol. The van der Waals surface area contributed by atoms with E-state index in [0.717, 1.165) is 15.4 Å². The van der Waals surface area contributed by atoms with Crippen molar-refractivity contribution in [2.45, 2.75) is 57.6 Å². The molecule has 9 heteroatoms. The van der Waals surface area contributed by atoms with Crippen molar-refractivity contribution in [3.05, 3.63) is 90.0 Å². The number of ether oxygens (including phenoxy) is 1. The molecule has 0 saturated carbocycles. The van der Waals surface area contributed by atoms with Crippen molar-refractivity contribution in [1.82, 2.24) is 10.2 Å². The van der Waals surface area contributed by atoms with Gasteiger partial charge in [0, 0.05) is 18.2 Å². The predicted octanol–water partition coefficient (Wildman–Crippen LogP) is 4.53. The van der Waals surface area contributed by atoms with Crippen LogP contribution in [0.25, 0.3) is 0 Å². The first-order chi connectivity index (χ1) is 18.3. The smallest absolute Gasteiger partial charge is 0.264 e. The molecule has 3 aromatic rings. The summed E-state index contributed by atoms with van der Waals surface area (Å²) in [6.07, 6.45) is 0. The molecule has 0 fully saturated rings. The van der Waals surface area contributed by atoms with E-state index in [9.17, 15) is 18.0 Å². The van der Waals surface area contributed by atoms with Gasteiger partial charge in [0.1, 0.15) is 18.3 Å². The van der Waals surface area contributed by atoms with Gasteiger partial charge in [0.15, 0.2) is 0 Å². The van der Waals surface area contributed by atoms with Gasteiger partial charge in [0.05, 0.1) is 17.7 Å². The highest BCUT2D eigenvalue weighted by atomic mass is 32.2. The number of sulfonamides is 1. The second-order valence-electron chi connectivity index (χ2n) is 10.4. The van der Waals surface area contributed by atoms with Crippen LogP contribution in [0.15, 0.2) is 83.8 Å². The van der Waals surface area contributed by atoms with Gasteiger partial charge in [0.25, 0.3) is 10.0 Å². The molecule has 0 aromatic heterocycles. The Bertz CT molecular complexity index is 1380. The molecule has 8 nitrogen and oxygen atoms in total. The summed E-state index contributed by atoms with van der Waals surface area (Å²) in [5.74, 6) is -0.404. The molecule has 0 spiro atoms. The molecular formula is C30H37N3O5S. The average molecular weight is 552 g/mol. The van der Waals surface area contributed by atoms with Crippen molar-refractivity contribution in [2.75, 3.05) is 18.0 Å². The summed E-state index contributed by atoms with van der Waals surface area (Å²) in [7, 11) is -2.65. The van der Waals surface area contributed by atoms with Gasteiger partial charge in [-0.05, 0) is 64.4 Å². The van der Waals surface area contributed by atoms with Crippen LogP contribution in [-0.2, 0) is 26.2 Å². The minimum Gasteiger partial charge on any atom is -0.497 e. The van der Waals surface area contributed by atoms with E-state index in [1.54, 1.807) is 49.4 Å². The Balaban J connectivity index is 2.04. The zero-order chi connectivity index (χ0) is 28.8. The van der Waals surface area contributed by atoms with Crippen LogP contribution in [0.3, 0.4) is 0 Å². The fourth-order valence-electron chi connectivity index (χ4n) is 3.96. The summed E-state index contributed by atoms with van der Waals surface area (Å²) in [4.78, 5) is 28.6. The monoisotopic (exact) mass is 551 g/mol. The molecule has 0 aliphatic rings. The molecule has 1 atom stereocenters. The Morgan fingerprint density at radius 3 is 2.18 bits per heavy atom. The Morgan fingerprint density at radius 1 is 0.949 bits per heavy atom. The minimum atomic E-state index is -4.13. The molecule has 3 rings (SSSR count). The minimum absolute atomic E-state index is 0.0456. The molecule has 1 unspecified atom stereocenters. The summed E-state index contributed by atoms with van der Waals surface area (Å²) >= 11 is 0. The fourth-order valence-corrected chi connectivity index (χ4v) is 5.39. The summed E-state index contributed by atoms with van der Waals surface area (Å²) in [6.45, 7) is 8.82. The highest BCUT2D eigenvalue weighted by Gasteiger charge is 2.33. The molecule has 0 aliphatic carbocycles. The first-order valence-corrected chi connectivity index (χ1v) is 14.1. The molecule has 3 aromatic carbocycles. The Labute approximate surface area is 231 Å². The number of carbonyl (C=O) groups is 2. The molecule has 0 aliphatic heterocycles. The quantitative estimate of drug-likeness (QED) is 0.399. The van der Waals surface area contributed by atoms with E-state index in [2.05, 4.69) is 5.32 Å². The van der Waals surface area contributed by atoms with Crippen molar-refractivity contribution in [3.8, 4) is 5.75 Å². The van der Waals surface area contributed by atoms with E-state index >= 15 is 0 Å². The van der Waals surface area contributed by atoms with Crippen LogP contribution in [0, 0.1) is 6.92 Å². The molecule has 208 valence electrons. The van der Waals surface area contributed by atoms with Gasteiger partial charge in [-0.15, -0.1) is 0 Å². The Morgan fingerprint density at radius 2 is 1.59 bits per heavy atom. The standard InChI is InChI=1S/C30H37N3O5S/c1-22-15-17-24(18-16-22)20-32(23(2)29(35)31-30(3,4)5)28(34)21-33(25-11-10-12-26(19-25)38-6)39(36,37)27-13-8-7-9-14-27/h7-19,23H,20-21H2,1-6H3,(H,31,35). The number of anilines is 1. The van der Waals surface area contributed by atoms with Gasteiger partial charge in [-0.1, -0.05) is 54.1 Å². The van der Waals surface area contributed by atoms with E-state index in [4.69, 9.17) is 4.74 Å². The summed E-state index contributed by atoms with van der Waals surface area (Å²) < 4.78 is 34.0. The second kappa shape index (κ2) is 12.3. The van der Waals surface area contributed by atoms with Gasteiger partial charge >= 0.3 is 0 Å². The van der Waals surface area contributed by atoms with Gasteiger partial charge in [-0.25, -0.2) is 8.42 Å². The molecule has 1 N–H and O–H groups in total. The number of methoxy groups -OCH3 is 1. The first kappa shape index (κ1) is 29.7. The number of carbonyl (C=O) groups excluding carboxylic acids is 2. The normalized spacial score (nSPS) is 12.4. The number of nitrogens with one attached hydrogen (secondary N) is 1. The van der Waals surface area contributed by atoms with Crippen molar-refractivity contribution >= 4 is 27.5 Å². The van der Waals surface area contributed by atoms with E-state index in [1.807, 2.05) is 52.0 Å². The number of benzene rings is 3. The zero-order valence-corrected chi connectivity index (χ0v) is 24.2. The number of rotatable bonds is 10. The molecular weight excluding hydrogens is 514 g/mol. The Hall–Kier alpha value is -3.85. The van der Waals surface area contributed by atoms with Crippen molar-refractivity contribution in [1.29, 1.82) is 0 Å². The molecule has 39 heavy (non-hydrogen) atoms. The maximum atomic E-state index is 14.0. The van der Waals surface area contributed by atoms with Crippen LogP contribution < -0.4 is 14.4 Å². The Kier molecular flexibility index (Phi) is 9.40. The number of hydrogen-bond donors (Lipinski definition) is 1. The topological polar surface area (TPSA) is 96.0 Å².